The number of carbonyl (C=O) groups is 2. The van der Waals surface area contributed by atoms with Crippen molar-refractivity contribution >= 4 is 22.7 Å². The minimum atomic E-state index is -0.709. The van der Waals surface area contributed by atoms with E-state index < -0.39 is 29.0 Å². The van der Waals surface area contributed by atoms with Crippen LogP contribution >= 0.6 is 0 Å². The number of benzene rings is 3. The Morgan fingerprint density at radius 2 is 1.87 bits per heavy atom. The standard InChI is InChI=1S/C30H26O8/c1-16-14-22(32)37-29-24(16)27(34)25(17(2)31)30-26(29)20(15-23(33)38-30)19-10-7-11-21(35-3)28(19)36-13-12-18-8-5-4-6-9-18/h4-11,14,20,34H,12-13,15H2,1-3H3/t20-/m1/s1. The number of para-hydroxylation sites is 1. The summed E-state index contributed by atoms with van der Waals surface area (Å²) in [6.45, 7) is 3.25. The molecule has 0 radical (unpaired) electrons. The smallest absolute Gasteiger partial charge is 0.336 e. The van der Waals surface area contributed by atoms with Gasteiger partial charge in [-0.3, -0.25) is 9.59 Å². The van der Waals surface area contributed by atoms with Gasteiger partial charge in [0.25, 0.3) is 0 Å². The molecule has 4 aromatic rings. The molecule has 0 unspecified atom stereocenters. The van der Waals surface area contributed by atoms with E-state index >= 15 is 0 Å². The summed E-state index contributed by atoms with van der Waals surface area (Å²) in [7, 11) is 1.52. The third-order valence-corrected chi connectivity index (χ3v) is 6.72. The zero-order chi connectivity index (χ0) is 27.0. The number of Topliss-reactive ketones (excluding diaryl/α,β-unsaturated/α-hetero) is 1. The van der Waals surface area contributed by atoms with E-state index in [2.05, 4.69) is 0 Å². The van der Waals surface area contributed by atoms with E-state index in [-0.39, 0.29) is 28.7 Å². The van der Waals surface area contributed by atoms with Crippen molar-refractivity contribution < 1.29 is 33.3 Å². The number of aryl methyl sites for hydroxylation is 1. The fourth-order valence-electron chi connectivity index (χ4n) is 5.04. The van der Waals surface area contributed by atoms with Crippen LogP contribution in [0, 0.1) is 6.92 Å². The summed E-state index contributed by atoms with van der Waals surface area (Å²) in [6.07, 6.45) is 0.533. The number of phenolic OH excluding ortho intramolecular Hbond substituents is 1. The molecule has 2 heterocycles. The Morgan fingerprint density at radius 3 is 2.58 bits per heavy atom. The highest BCUT2D eigenvalue weighted by Crippen LogP contribution is 2.51. The van der Waals surface area contributed by atoms with Gasteiger partial charge in [-0.05, 0) is 31.0 Å². The molecular formula is C30H26O8. The molecule has 1 aliphatic rings. The van der Waals surface area contributed by atoms with Crippen molar-refractivity contribution in [1.82, 2.24) is 0 Å². The largest absolute Gasteiger partial charge is 0.506 e. The number of fused-ring (bicyclic) bond motifs is 3. The zero-order valence-electron chi connectivity index (χ0n) is 21.2. The summed E-state index contributed by atoms with van der Waals surface area (Å²) >= 11 is 0. The Labute approximate surface area is 218 Å². The van der Waals surface area contributed by atoms with Crippen molar-refractivity contribution in [3.63, 3.8) is 0 Å². The fourth-order valence-corrected chi connectivity index (χ4v) is 5.04. The molecule has 3 aromatic carbocycles. The van der Waals surface area contributed by atoms with E-state index in [0.717, 1.165) is 5.56 Å². The van der Waals surface area contributed by atoms with Crippen LogP contribution in [0.4, 0.5) is 0 Å². The molecule has 1 N–H and O–H groups in total. The predicted octanol–water partition coefficient (Wildman–Crippen LogP) is 5.08. The second kappa shape index (κ2) is 10.0. The number of carbonyl (C=O) groups excluding carboxylic acids is 2. The number of rotatable bonds is 7. The number of aromatic hydroxyl groups is 1. The second-order valence-electron chi connectivity index (χ2n) is 9.17. The third kappa shape index (κ3) is 4.38. The lowest BCUT2D eigenvalue weighted by atomic mass is 9.82. The molecule has 194 valence electrons. The molecule has 1 aromatic heterocycles. The zero-order valence-corrected chi connectivity index (χ0v) is 21.2. The van der Waals surface area contributed by atoms with E-state index in [1.165, 1.54) is 20.1 Å². The average Bonchev–Trinajstić information content (AvgIpc) is 2.88. The van der Waals surface area contributed by atoms with Crippen molar-refractivity contribution in [2.24, 2.45) is 0 Å². The van der Waals surface area contributed by atoms with Gasteiger partial charge in [0.1, 0.15) is 16.9 Å². The molecule has 0 aliphatic carbocycles. The van der Waals surface area contributed by atoms with Gasteiger partial charge in [-0.15, -0.1) is 0 Å². The SMILES string of the molecule is COc1cccc([C@H]2CC(=O)Oc3c(C(C)=O)c(O)c4c(C)cc(=O)oc4c32)c1OCCc1ccccc1. The van der Waals surface area contributed by atoms with Crippen LogP contribution in [0.15, 0.2) is 63.8 Å². The Kier molecular flexibility index (Phi) is 6.63. The summed E-state index contributed by atoms with van der Waals surface area (Å²) in [5, 5.41) is 11.2. The van der Waals surface area contributed by atoms with Crippen LogP contribution in [0.1, 0.15) is 51.9 Å². The van der Waals surface area contributed by atoms with Crippen molar-refractivity contribution in [2.45, 2.75) is 32.6 Å². The first-order valence-corrected chi connectivity index (χ1v) is 12.2. The maximum absolute atomic E-state index is 12.9. The van der Waals surface area contributed by atoms with Gasteiger partial charge in [0.05, 0.1) is 25.5 Å². The van der Waals surface area contributed by atoms with Crippen LogP contribution in [0.3, 0.4) is 0 Å². The average molecular weight is 515 g/mol. The summed E-state index contributed by atoms with van der Waals surface area (Å²) in [6, 6.07) is 16.4. The van der Waals surface area contributed by atoms with Crippen LogP contribution < -0.4 is 19.8 Å². The number of hydrogen-bond donors (Lipinski definition) is 1. The van der Waals surface area contributed by atoms with E-state index in [0.29, 0.717) is 41.2 Å². The Morgan fingerprint density at radius 1 is 1.11 bits per heavy atom. The van der Waals surface area contributed by atoms with Crippen molar-refractivity contribution in [2.75, 3.05) is 13.7 Å². The number of ketones is 1. The van der Waals surface area contributed by atoms with E-state index in [9.17, 15) is 19.5 Å². The maximum Gasteiger partial charge on any atom is 0.336 e. The molecule has 8 nitrogen and oxygen atoms in total. The van der Waals surface area contributed by atoms with Crippen molar-refractivity contribution in [3.05, 3.63) is 92.8 Å². The fraction of sp³-hybridized carbons (Fsp3) is 0.233. The highest BCUT2D eigenvalue weighted by atomic mass is 16.5. The molecule has 38 heavy (non-hydrogen) atoms. The van der Waals surface area contributed by atoms with Gasteiger partial charge in [-0.1, -0.05) is 42.5 Å². The van der Waals surface area contributed by atoms with Crippen LogP contribution in [0.25, 0.3) is 11.0 Å². The molecule has 0 amide bonds. The van der Waals surface area contributed by atoms with Gasteiger partial charge >= 0.3 is 11.6 Å². The number of esters is 1. The molecule has 0 bridgehead atoms. The molecule has 0 saturated carbocycles. The molecule has 1 aliphatic heterocycles. The number of ether oxygens (including phenoxy) is 3. The summed E-state index contributed by atoms with van der Waals surface area (Å²) < 4.78 is 22.9. The lowest BCUT2D eigenvalue weighted by molar-refractivity contribution is -0.135. The first-order chi connectivity index (χ1) is 18.3. The normalized spacial score (nSPS) is 14.6. The van der Waals surface area contributed by atoms with E-state index in [4.69, 9.17) is 18.6 Å². The summed E-state index contributed by atoms with van der Waals surface area (Å²) in [5.74, 6) is -1.43. The Bertz CT molecular complexity index is 1620. The Hall–Kier alpha value is -4.59. The van der Waals surface area contributed by atoms with Gasteiger partial charge in [-0.25, -0.2) is 4.79 Å². The van der Waals surface area contributed by atoms with Gasteiger partial charge in [0, 0.05) is 29.5 Å². The molecule has 1 atom stereocenters. The quantitative estimate of drug-likeness (QED) is 0.157. The number of methoxy groups -OCH3 is 1. The third-order valence-electron chi connectivity index (χ3n) is 6.72. The summed E-state index contributed by atoms with van der Waals surface area (Å²) in [5.41, 5.74) is 1.73. The van der Waals surface area contributed by atoms with E-state index in [1.54, 1.807) is 25.1 Å². The summed E-state index contributed by atoms with van der Waals surface area (Å²) in [4.78, 5) is 37.9. The van der Waals surface area contributed by atoms with Crippen molar-refractivity contribution in [3.8, 4) is 23.0 Å². The molecular weight excluding hydrogens is 488 g/mol. The van der Waals surface area contributed by atoms with Crippen LogP contribution in [0.5, 0.6) is 23.0 Å². The molecule has 5 rings (SSSR count). The second-order valence-corrected chi connectivity index (χ2v) is 9.17. The monoisotopic (exact) mass is 514 g/mol. The van der Waals surface area contributed by atoms with E-state index in [1.807, 2.05) is 30.3 Å². The van der Waals surface area contributed by atoms with Gasteiger partial charge < -0.3 is 23.7 Å². The lowest BCUT2D eigenvalue weighted by Crippen LogP contribution is -2.24. The first kappa shape index (κ1) is 25.1. The van der Waals surface area contributed by atoms with Crippen LogP contribution in [-0.2, 0) is 11.2 Å². The Balaban J connectivity index is 1.72. The van der Waals surface area contributed by atoms with Crippen molar-refractivity contribution in [1.29, 1.82) is 0 Å². The first-order valence-electron chi connectivity index (χ1n) is 12.2. The lowest BCUT2D eigenvalue weighted by Gasteiger charge is -2.29. The topological polar surface area (TPSA) is 112 Å². The maximum atomic E-state index is 12.9. The molecule has 0 saturated heterocycles. The highest BCUT2D eigenvalue weighted by Gasteiger charge is 2.38. The van der Waals surface area contributed by atoms with Crippen LogP contribution in [-0.4, -0.2) is 30.6 Å². The molecule has 8 heteroatoms. The molecule has 0 fully saturated rings. The van der Waals surface area contributed by atoms with Gasteiger partial charge in [0.15, 0.2) is 23.0 Å². The number of hydrogen-bond acceptors (Lipinski definition) is 8. The van der Waals surface area contributed by atoms with Gasteiger partial charge in [0.2, 0.25) is 0 Å². The minimum Gasteiger partial charge on any atom is -0.506 e. The number of phenols is 1. The predicted molar refractivity (Wildman–Crippen MR) is 140 cm³/mol. The highest BCUT2D eigenvalue weighted by molar-refractivity contribution is 6.09. The minimum absolute atomic E-state index is 0.0584. The van der Waals surface area contributed by atoms with Gasteiger partial charge in [-0.2, -0.15) is 0 Å². The molecule has 0 spiro atoms. The van der Waals surface area contributed by atoms with Crippen LogP contribution in [0.2, 0.25) is 0 Å².